The van der Waals surface area contributed by atoms with Crippen LogP contribution in [0.3, 0.4) is 0 Å². The fraction of sp³-hybridized carbons (Fsp3) is 0. The Balaban J connectivity index is 2.43. The van der Waals surface area contributed by atoms with Crippen molar-refractivity contribution in [2.45, 2.75) is 0 Å². The molecule has 0 atom stereocenters. The molecule has 6 heteroatoms. The van der Waals surface area contributed by atoms with Gasteiger partial charge in [-0.05, 0) is 0 Å². The second-order valence-corrected chi connectivity index (χ2v) is 2.79. The van der Waals surface area contributed by atoms with Crippen LogP contribution in [0.1, 0.15) is 0 Å². The molecule has 0 spiro atoms. The Kier molecular flexibility index (Phi) is 1.67. The molecule has 60 valence electrons. The molecule has 12 heavy (non-hydrogen) atoms. The third-order valence-corrected chi connectivity index (χ3v) is 1.86. The van der Waals surface area contributed by atoms with Crippen molar-refractivity contribution in [3.63, 3.8) is 0 Å². The third-order valence-electron chi connectivity index (χ3n) is 1.27. The highest BCUT2D eigenvalue weighted by Crippen LogP contribution is 2.14. The fourth-order valence-electron chi connectivity index (χ4n) is 0.740. The van der Waals surface area contributed by atoms with Crippen LogP contribution < -0.4 is 5.73 Å². The van der Waals surface area contributed by atoms with Gasteiger partial charge >= 0.3 is 0 Å². The lowest BCUT2D eigenvalue weighted by Crippen LogP contribution is -1.97. The molecule has 0 saturated heterocycles. The highest BCUT2D eigenvalue weighted by Gasteiger charge is 2.01. The van der Waals surface area contributed by atoms with E-state index in [2.05, 4.69) is 20.2 Å². The molecule has 2 heterocycles. The summed E-state index contributed by atoms with van der Waals surface area (Å²) in [4.78, 5) is 7.86. The van der Waals surface area contributed by atoms with Crippen LogP contribution in [0.4, 0.5) is 5.95 Å². The number of hydrogen-bond donors (Lipinski definition) is 1. The first-order valence-electron chi connectivity index (χ1n) is 3.20. The van der Waals surface area contributed by atoms with Crippen LogP contribution in [0.2, 0.25) is 0 Å². The summed E-state index contributed by atoms with van der Waals surface area (Å²) in [6.45, 7) is 0. The Labute approximate surface area is 72.3 Å². The number of nitrogen functional groups attached to an aromatic ring is 1. The first kappa shape index (κ1) is 7.11. The summed E-state index contributed by atoms with van der Waals surface area (Å²) in [5.74, 6) is 0.175. The van der Waals surface area contributed by atoms with Crippen molar-refractivity contribution in [1.82, 2.24) is 20.2 Å². The van der Waals surface area contributed by atoms with E-state index >= 15 is 0 Å². The second-order valence-electron chi connectivity index (χ2n) is 2.08. The van der Waals surface area contributed by atoms with Gasteiger partial charge in [0.05, 0.1) is 11.7 Å². The molecule has 0 aliphatic carbocycles. The van der Waals surface area contributed by atoms with E-state index in [9.17, 15) is 0 Å². The van der Waals surface area contributed by atoms with Crippen LogP contribution in [-0.4, -0.2) is 20.2 Å². The molecule has 0 radical (unpaired) electrons. The van der Waals surface area contributed by atoms with Crippen molar-refractivity contribution in [3.05, 3.63) is 17.1 Å². The van der Waals surface area contributed by atoms with Gasteiger partial charge in [0.15, 0.2) is 0 Å². The number of rotatable bonds is 1. The molecule has 0 aromatic carbocycles. The summed E-state index contributed by atoms with van der Waals surface area (Å²) in [6, 6.07) is 0. The molecule has 0 saturated carbocycles. The zero-order valence-corrected chi connectivity index (χ0v) is 6.82. The Morgan fingerprint density at radius 2 is 2.08 bits per heavy atom. The number of nitrogens with zero attached hydrogens (tertiary/aromatic N) is 4. The van der Waals surface area contributed by atoms with Crippen LogP contribution in [-0.2, 0) is 0 Å². The van der Waals surface area contributed by atoms with Crippen molar-refractivity contribution in [2.24, 2.45) is 0 Å². The summed E-state index contributed by atoms with van der Waals surface area (Å²) in [7, 11) is 0. The van der Waals surface area contributed by atoms with Crippen molar-refractivity contribution >= 4 is 17.3 Å². The Bertz CT molecular complexity index is 354. The van der Waals surface area contributed by atoms with E-state index in [1.807, 2.05) is 5.38 Å². The van der Waals surface area contributed by atoms with Crippen LogP contribution in [0.15, 0.2) is 17.1 Å². The number of aromatic nitrogens is 4. The summed E-state index contributed by atoms with van der Waals surface area (Å²) in [6.07, 6.45) is 1.55. The molecular weight excluding hydrogens is 174 g/mol. The molecule has 2 aromatic rings. The Hall–Kier alpha value is -1.56. The lowest BCUT2D eigenvalue weighted by Gasteiger charge is -1.92. The molecule has 0 unspecified atom stereocenters. The van der Waals surface area contributed by atoms with E-state index in [4.69, 9.17) is 5.73 Å². The first-order chi connectivity index (χ1) is 5.86. The van der Waals surface area contributed by atoms with Crippen LogP contribution >= 0.6 is 11.3 Å². The van der Waals surface area contributed by atoms with Crippen molar-refractivity contribution in [1.29, 1.82) is 0 Å². The topological polar surface area (TPSA) is 77.6 Å². The summed E-state index contributed by atoms with van der Waals surface area (Å²) < 4.78 is 0. The average Bonchev–Trinajstić information content (AvgIpc) is 2.58. The first-order valence-corrected chi connectivity index (χ1v) is 4.14. The highest BCUT2D eigenvalue weighted by molar-refractivity contribution is 7.07. The molecule has 2 aromatic heterocycles. The number of hydrogen-bond acceptors (Lipinski definition) is 6. The van der Waals surface area contributed by atoms with Crippen molar-refractivity contribution in [3.8, 4) is 11.4 Å². The molecule has 0 aliphatic rings. The maximum atomic E-state index is 5.28. The van der Waals surface area contributed by atoms with Gasteiger partial charge in [-0.3, -0.25) is 0 Å². The van der Waals surface area contributed by atoms with Gasteiger partial charge in [-0.25, -0.2) is 9.97 Å². The van der Waals surface area contributed by atoms with E-state index in [0.29, 0.717) is 5.69 Å². The van der Waals surface area contributed by atoms with E-state index in [1.165, 1.54) is 11.3 Å². The second kappa shape index (κ2) is 2.82. The zero-order valence-electron chi connectivity index (χ0n) is 6.01. The smallest absolute Gasteiger partial charge is 0.240 e. The van der Waals surface area contributed by atoms with E-state index in [-0.39, 0.29) is 5.95 Å². The number of anilines is 1. The standard InChI is InChI=1S/C6H5N5S/c7-6-8-1-4(10-11-6)5-2-12-3-9-5/h1-3H,(H2,7,8,11). The largest absolute Gasteiger partial charge is 0.366 e. The SMILES string of the molecule is Nc1ncc(-c2cscn2)nn1. The van der Waals surface area contributed by atoms with Gasteiger partial charge in [-0.1, -0.05) is 0 Å². The van der Waals surface area contributed by atoms with Crippen LogP contribution in [0, 0.1) is 0 Å². The van der Waals surface area contributed by atoms with Crippen LogP contribution in [0.25, 0.3) is 11.4 Å². The minimum Gasteiger partial charge on any atom is -0.366 e. The molecule has 2 rings (SSSR count). The van der Waals surface area contributed by atoms with Crippen LogP contribution in [0.5, 0.6) is 0 Å². The molecule has 0 aliphatic heterocycles. The summed E-state index contributed by atoms with van der Waals surface area (Å²) in [5, 5.41) is 9.32. The van der Waals surface area contributed by atoms with Gasteiger partial charge in [0.2, 0.25) is 5.95 Å². The highest BCUT2D eigenvalue weighted by atomic mass is 32.1. The predicted octanol–water partition coefficient (Wildman–Crippen LogP) is 0.577. The number of nitrogens with two attached hydrogens (primary N) is 1. The summed E-state index contributed by atoms with van der Waals surface area (Å²) in [5.41, 5.74) is 8.43. The average molecular weight is 179 g/mol. The zero-order chi connectivity index (χ0) is 8.39. The van der Waals surface area contributed by atoms with Gasteiger partial charge in [0, 0.05) is 5.38 Å². The molecule has 0 fully saturated rings. The third kappa shape index (κ3) is 1.24. The lowest BCUT2D eigenvalue weighted by atomic mass is 10.4. The van der Waals surface area contributed by atoms with Gasteiger partial charge in [0.1, 0.15) is 11.4 Å². The molecule has 2 N–H and O–H groups in total. The predicted molar refractivity (Wildman–Crippen MR) is 45.3 cm³/mol. The monoisotopic (exact) mass is 179 g/mol. The maximum Gasteiger partial charge on any atom is 0.240 e. The molecular formula is C6H5N5S. The van der Waals surface area contributed by atoms with Gasteiger partial charge < -0.3 is 5.73 Å². The maximum absolute atomic E-state index is 5.28. The van der Waals surface area contributed by atoms with Crippen molar-refractivity contribution in [2.75, 3.05) is 5.73 Å². The quantitative estimate of drug-likeness (QED) is 0.692. The minimum absolute atomic E-state index is 0.175. The van der Waals surface area contributed by atoms with Gasteiger partial charge in [-0.15, -0.1) is 21.5 Å². The fourth-order valence-corrected chi connectivity index (χ4v) is 1.29. The molecule has 0 amide bonds. The molecule has 5 nitrogen and oxygen atoms in total. The Morgan fingerprint density at radius 3 is 2.67 bits per heavy atom. The van der Waals surface area contributed by atoms with E-state index in [0.717, 1.165) is 5.69 Å². The normalized spacial score (nSPS) is 10.0. The van der Waals surface area contributed by atoms with Gasteiger partial charge in [0.25, 0.3) is 0 Å². The van der Waals surface area contributed by atoms with E-state index < -0.39 is 0 Å². The molecule has 0 bridgehead atoms. The van der Waals surface area contributed by atoms with Gasteiger partial charge in [-0.2, -0.15) is 0 Å². The Morgan fingerprint density at radius 1 is 1.17 bits per heavy atom. The number of thiazole rings is 1. The van der Waals surface area contributed by atoms with Crippen molar-refractivity contribution < 1.29 is 0 Å². The summed E-state index contributed by atoms with van der Waals surface area (Å²) >= 11 is 1.50. The minimum atomic E-state index is 0.175. The lowest BCUT2D eigenvalue weighted by molar-refractivity contribution is 0.988. The van der Waals surface area contributed by atoms with E-state index in [1.54, 1.807) is 11.7 Å².